The highest BCUT2D eigenvalue weighted by Gasteiger charge is 2.42. The lowest BCUT2D eigenvalue weighted by molar-refractivity contribution is -0.151. The number of para-hydroxylation sites is 1. The number of esters is 1. The molecule has 0 aromatic heterocycles. The Morgan fingerprint density at radius 1 is 0.938 bits per heavy atom. The van der Waals surface area contributed by atoms with E-state index in [1.54, 1.807) is 11.8 Å². The predicted octanol–water partition coefficient (Wildman–Crippen LogP) is 3.56. The first kappa shape index (κ1) is 21.9. The van der Waals surface area contributed by atoms with Crippen LogP contribution in [0.5, 0.6) is 0 Å². The molecule has 168 valence electrons. The van der Waals surface area contributed by atoms with E-state index in [4.69, 9.17) is 9.47 Å². The van der Waals surface area contributed by atoms with Gasteiger partial charge in [-0.05, 0) is 37.0 Å². The van der Waals surface area contributed by atoms with Crippen LogP contribution in [0.1, 0.15) is 30.9 Å². The van der Waals surface area contributed by atoms with Crippen molar-refractivity contribution in [1.82, 2.24) is 4.90 Å². The third-order valence-electron chi connectivity index (χ3n) is 6.09. The second kappa shape index (κ2) is 9.85. The Balaban J connectivity index is 1.45. The molecule has 2 amide bonds. The number of anilines is 1. The Labute approximate surface area is 187 Å². The zero-order valence-electron chi connectivity index (χ0n) is 18.2. The number of benzene rings is 2. The second-order valence-electron chi connectivity index (χ2n) is 8.11. The summed E-state index contributed by atoms with van der Waals surface area (Å²) in [6.45, 7) is 3.24. The maximum absolute atomic E-state index is 13.4. The fourth-order valence-electron chi connectivity index (χ4n) is 4.40. The monoisotopic (exact) mass is 436 g/mol. The third kappa shape index (κ3) is 4.61. The number of hydrogen-bond donors (Lipinski definition) is 0. The molecule has 0 bridgehead atoms. The van der Waals surface area contributed by atoms with Crippen LogP contribution in [0, 0.1) is 5.92 Å². The lowest BCUT2D eigenvalue weighted by Gasteiger charge is -2.34. The van der Waals surface area contributed by atoms with Gasteiger partial charge in [-0.15, -0.1) is 0 Å². The van der Waals surface area contributed by atoms with E-state index in [2.05, 4.69) is 0 Å². The average Bonchev–Trinajstić information content (AvgIpc) is 3.23. The Morgan fingerprint density at radius 3 is 2.34 bits per heavy atom. The highest BCUT2D eigenvalue weighted by Crippen LogP contribution is 2.34. The number of rotatable bonds is 5. The highest BCUT2D eigenvalue weighted by atomic mass is 16.6. The molecule has 0 aliphatic carbocycles. The summed E-state index contributed by atoms with van der Waals surface area (Å²) in [4.78, 5) is 41.7. The van der Waals surface area contributed by atoms with Gasteiger partial charge in [0.1, 0.15) is 12.6 Å². The minimum Gasteiger partial charge on any atom is -0.466 e. The van der Waals surface area contributed by atoms with Gasteiger partial charge in [-0.2, -0.15) is 0 Å². The smallest absolute Gasteiger partial charge is 0.415 e. The molecule has 32 heavy (non-hydrogen) atoms. The first-order valence-electron chi connectivity index (χ1n) is 11.1. The van der Waals surface area contributed by atoms with Gasteiger partial charge in [-0.3, -0.25) is 14.5 Å². The fourth-order valence-corrected chi connectivity index (χ4v) is 4.40. The van der Waals surface area contributed by atoms with Crippen LogP contribution in [0.4, 0.5) is 10.5 Å². The largest absolute Gasteiger partial charge is 0.466 e. The first-order chi connectivity index (χ1) is 15.6. The van der Waals surface area contributed by atoms with Crippen LogP contribution >= 0.6 is 0 Å². The van der Waals surface area contributed by atoms with Gasteiger partial charge in [0.05, 0.1) is 18.2 Å². The minimum atomic E-state index is -0.644. The molecule has 1 saturated heterocycles. The SMILES string of the molecule is CCOC(=O)C1CCN(C(=O)C2Cc3ccccc3N2C(=O)OCc2ccccc2)CC1. The standard InChI is InChI=1S/C25H28N2O5/c1-2-31-24(29)19-12-14-26(15-13-19)23(28)22-16-20-10-6-7-11-21(20)27(22)25(30)32-17-18-8-4-3-5-9-18/h3-11,19,22H,2,12-17H2,1H3. The summed E-state index contributed by atoms with van der Waals surface area (Å²) in [5, 5.41) is 0. The molecule has 2 aliphatic heterocycles. The quantitative estimate of drug-likeness (QED) is 0.670. The van der Waals surface area contributed by atoms with Crippen LogP contribution < -0.4 is 4.90 Å². The van der Waals surface area contributed by atoms with Gasteiger partial charge in [0.2, 0.25) is 5.91 Å². The number of fused-ring (bicyclic) bond motifs is 1. The summed E-state index contributed by atoms with van der Waals surface area (Å²) >= 11 is 0. The van der Waals surface area contributed by atoms with Crippen molar-refractivity contribution in [3.8, 4) is 0 Å². The van der Waals surface area contributed by atoms with E-state index in [0.717, 1.165) is 11.1 Å². The van der Waals surface area contributed by atoms with Gasteiger partial charge >= 0.3 is 12.1 Å². The molecule has 2 aliphatic rings. The van der Waals surface area contributed by atoms with Gasteiger partial charge in [0.25, 0.3) is 0 Å². The number of hydrogen-bond acceptors (Lipinski definition) is 5. The van der Waals surface area contributed by atoms with Gasteiger partial charge < -0.3 is 14.4 Å². The average molecular weight is 437 g/mol. The Hall–Kier alpha value is -3.35. The number of ether oxygens (including phenoxy) is 2. The van der Waals surface area contributed by atoms with Gasteiger partial charge in [0, 0.05) is 19.5 Å². The van der Waals surface area contributed by atoms with E-state index in [1.807, 2.05) is 54.6 Å². The molecule has 2 aromatic rings. The molecule has 2 aromatic carbocycles. The molecule has 1 fully saturated rings. The van der Waals surface area contributed by atoms with Gasteiger partial charge in [-0.1, -0.05) is 48.5 Å². The summed E-state index contributed by atoms with van der Waals surface area (Å²) in [7, 11) is 0. The lowest BCUT2D eigenvalue weighted by atomic mass is 9.96. The molecule has 0 spiro atoms. The lowest BCUT2D eigenvalue weighted by Crippen LogP contribution is -2.52. The summed E-state index contributed by atoms with van der Waals surface area (Å²) in [5.41, 5.74) is 2.55. The van der Waals surface area contributed by atoms with Crippen molar-refractivity contribution in [1.29, 1.82) is 0 Å². The zero-order valence-corrected chi connectivity index (χ0v) is 18.2. The number of carbonyl (C=O) groups is 3. The van der Waals surface area contributed by atoms with Crippen molar-refractivity contribution in [2.24, 2.45) is 5.92 Å². The van der Waals surface area contributed by atoms with Crippen molar-refractivity contribution in [3.05, 3.63) is 65.7 Å². The van der Waals surface area contributed by atoms with Crippen LogP contribution in [-0.2, 0) is 32.1 Å². The van der Waals surface area contributed by atoms with Crippen LogP contribution in [0.15, 0.2) is 54.6 Å². The van der Waals surface area contributed by atoms with Gasteiger partial charge in [-0.25, -0.2) is 4.79 Å². The van der Waals surface area contributed by atoms with Crippen LogP contribution in [0.2, 0.25) is 0 Å². The normalized spacial score (nSPS) is 18.2. The van der Waals surface area contributed by atoms with Crippen molar-refractivity contribution >= 4 is 23.7 Å². The number of piperidine rings is 1. The molecular weight excluding hydrogens is 408 g/mol. The van der Waals surface area contributed by atoms with Crippen LogP contribution in [0.25, 0.3) is 0 Å². The molecule has 1 unspecified atom stereocenters. The third-order valence-corrected chi connectivity index (χ3v) is 6.09. The maximum atomic E-state index is 13.4. The van der Waals surface area contributed by atoms with E-state index >= 15 is 0 Å². The van der Waals surface area contributed by atoms with Crippen molar-refractivity contribution in [2.75, 3.05) is 24.6 Å². The first-order valence-corrected chi connectivity index (χ1v) is 11.1. The molecule has 7 nitrogen and oxygen atoms in total. The summed E-state index contributed by atoms with van der Waals surface area (Å²) in [5.74, 6) is -0.481. The second-order valence-corrected chi connectivity index (χ2v) is 8.11. The van der Waals surface area contributed by atoms with Crippen molar-refractivity contribution in [2.45, 2.75) is 38.8 Å². The van der Waals surface area contributed by atoms with E-state index in [1.165, 1.54) is 4.90 Å². The summed E-state index contributed by atoms with van der Waals surface area (Å²) in [6, 6.07) is 16.4. The topological polar surface area (TPSA) is 76.2 Å². The molecule has 0 radical (unpaired) electrons. The highest BCUT2D eigenvalue weighted by molar-refractivity contribution is 6.00. The Kier molecular flexibility index (Phi) is 6.73. The minimum absolute atomic E-state index is 0.111. The van der Waals surface area contributed by atoms with Gasteiger partial charge in [0.15, 0.2) is 0 Å². The molecule has 4 rings (SSSR count). The number of carbonyl (C=O) groups excluding carboxylic acids is 3. The van der Waals surface area contributed by atoms with Crippen molar-refractivity contribution < 1.29 is 23.9 Å². The Bertz CT molecular complexity index is 969. The summed E-state index contributed by atoms with van der Waals surface area (Å²) in [6.07, 6.45) is 1.07. The molecular formula is C25H28N2O5. The number of amides is 2. The molecule has 2 heterocycles. The number of nitrogens with zero attached hydrogens (tertiary/aromatic N) is 2. The molecule has 0 N–H and O–H groups in total. The molecule has 1 atom stereocenters. The molecule has 0 saturated carbocycles. The zero-order chi connectivity index (χ0) is 22.5. The predicted molar refractivity (Wildman–Crippen MR) is 119 cm³/mol. The van der Waals surface area contributed by atoms with Crippen molar-refractivity contribution in [3.63, 3.8) is 0 Å². The molecule has 7 heteroatoms. The van der Waals surface area contributed by atoms with E-state index in [9.17, 15) is 14.4 Å². The number of likely N-dealkylation sites (tertiary alicyclic amines) is 1. The van der Waals surface area contributed by atoms with E-state index in [-0.39, 0.29) is 24.4 Å². The fraction of sp³-hybridized carbons (Fsp3) is 0.400. The van der Waals surface area contributed by atoms with E-state index in [0.29, 0.717) is 44.6 Å². The summed E-state index contributed by atoms with van der Waals surface area (Å²) < 4.78 is 10.7. The van der Waals surface area contributed by atoms with Crippen LogP contribution in [0.3, 0.4) is 0 Å². The van der Waals surface area contributed by atoms with E-state index < -0.39 is 12.1 Å². The maximum Gasteiger partial charge on any atom is 0.415 e. The van der Waals surface area contributed by atoms with Crippen LogP contribution in [-0.4, -0.2) is 48.6 Å². The Morgan fingerprint density at radius 2 is 1.62 bits per heavy atom.